The molecule has 0 radical (unpaired) electrons. The summed E-state index contributed by atoms with van der Waals surface area (Å²) in [5.41, 5.74) is 4.46. The topological polar surface area (TPSA) is 115 Å². The molecular weight excluding hydrogens is 577 g/mol. The van der Waals surface area contributed by atoms with Crippen LogP contribution in [0.2, 0.25) is 0 Å². The van der Waals surface area contributed by atoms with Crippen molar-refractivity contribution in [2.75, 3.05) is 16.4 Å². The maximum absolute atomic E-state index is 14.7. The summed E-state index contributed by atoms with van der Waals surface area (Å²) in [5, 5.41) is 4.52. The molecule has 2 aromatic heterocycles. The molecule has 206 valence electrons. The molecular formula is C23H16Cl2F6N6O2. The number of pyridine rings is 1. The number of nitrogen functional groups attached to an aromatic ring is 1. The third-order valence-corrected chi connectivity index (χ3v) is 4.64. The van der Waals surface area contributed by atoms with E-state index < -0.39 is 52.4 Å². The molecule has 0 aliphatic rings. The number of amides is 1. The average Bonchev–Trinajstić information content (AvgIpc) is 2.82. The van der Waals surface area contributed by atoms with Gasteiger partial charge < -0.3 is 21.1 Å². The van der Waals surface area contributed by atoms with Crippen molar-refractivity contribution in [3.8, 4) is 11.5 Å². The fourth-order valence-electron chi connectivity index (χ4n) is 2.98. The van der Waals surface area contributed by atoms with Crippen LogP contribution in [0.4, 0.5) is 49.4 Å². The van der Waals surface area contributed by atoms with Gasteiger partial charge in [0.15, 0.2) is 11.6 Å². The van der Waals surface area contributed by atoms with Gasteiger partial charge >= 0.3 is 6.18 Å². The zero-order chi connectivity index (χ0) is 26.7. The lowest BCUT2D eigenvalue weighted by atomic mass is 10.2. The fourth-order valence-corrected chi connectivity index (χ4v) is 2.98. The summed E-state index contributed by atoms with van der Waals surface area (Å²) < 4.78 is 86.7. The summed E-state index contributed by atoms with van der Waals surface area (Å²) >= 11 is 0. The Hall–Kier alpha value is -4.30. The first kappa shape index (κ1) is 30.9. The number of anilines is 4. The Morgan fingerprint density at radius 3 is 2.31 bits per heavy atom. The Bertz CT molecular complexity index is 1490. The van der Waals surface area contributed by atoms with Crippen molar-refractivity contribution in [2.45, 2.75) is 6.18 Å². The zero-order valence-electron chi connectivity index (χ0n) is 19.1. The highest BCUT2D eigenvalue weighted by Crippen LogP contribution is 2.31. The first-order valence-corrected chi connectivity index (χ1v) is 10.2. The van der Waals surface area contributed by atoms with E-state index in [9.17, 15) is 31.1 Å². The van der Waals surface area contributed by atoms with Gasteiger partial charge in [-0.3, -0.25) is 4.79 Å². The van der Waals surface area contributed by atoms with E-state index in [2.05, 4.69) is 25.6 Å². The van der Waals surface area contributed by atoms with Crippen LogP contribution in [0.25, 0.3) is 0 Å². The monoisotopic (exact) mass is 592 g/mol. The minimum Gasteiger partial charge on any atom is -0.454 e. The van der Waals surface area contributed by atoms with Crippen LogP contribution in [0, 0.1) is 17.5 Å². The standard InChI is InChI=1S/C23H14F6N6O2.2ClH/c24-11-1-3-17(15(25)7-11)34-21(36)14-10-32-22(23(27,28)29)35-20(14)33-12-2-4-18(16(26)8-12)37-13-5-6-31-19(30)9-13;;/h1-10H,(H2,30,31)(H,34,36)(H,32,33,35);2*1H. The van der Waals surface area contributed by atoms with Crippen LogP contribution in [-0.2, 0) is 6.18 Å². The van der Waals surface area contributed by atoms with Crippen molar-refractivity contribution in [1.29, 1.82) is 0 Å². The zero-order valence-corrected chi connectivity index (χ0v) is 20.7. The van der Waals surface area contributed by atoms with Crippen molar-refractivity contribution in [2.24, 2.45) is 0 Å². The van der Waals surface area contributed by atoms with Gasteiger partial charge in [-0.2, -0.15) is 13.2 Å². The van der Waals surface area contributed by atoms with Crippen LogP contribution >= 0.6 is 24.8 Å². The van der Waals surface area contributed by atoms with Crippen LogP contribution in [0.5, 0.6) is 11.5 Å². The van der Waals surface area contributed by atoms with E-state index in [1.54, 1.807) is 0 Å². The second-order valence-electron chi connectivity index (χ2n) is 7.32. The van der Waals surface area contributed by atoms with Crippen LogP contribution in [0.15, 0.2) is 60.9 Å². The molecule has 0 atom stereocenters. The number of hydrogen-bond donors (Lipinski definition) is 3. The van der Waals surface area contributed by atoms with E-state index in [1.165, 1.54) is 30.5 Å². The second-order valence-corrected chi connectivity index (χ2v) is 7.32. The van der Waals surface area contributed by atoms with E-state index in [-0.39, 0.29) is 47.8 Å². The molecule has 4 aromatic rings. The molecule has 4 rings (SSSR count). The van der Waals surface area contributed by atoms with Crippen LogP contribution < -0.4 is 21.1 Å². The highest BCUT2D eigenvalue weighted by Gasteiger charge is 2.36. The number of aromatic nitrogens is 3. The molecule has 0 aliphatic carbocycles. The minimum atomic E-state index is -4.97. The molecule has 16 heteroatoms. The number of nitrogens with one attached hydrogen (secondary N) is 2. The third kappa shape index (κ3) is 7.61. The number of ether oxygens (including phenoxy) is 1. The number of nitrogens with zero attached hydrogens (tertiary/aromatic N) is 3. The van der Waals surface area contributed by atoms with Crippen molar-refractivity contribution in [1.82, 2.24) is 15.0 Å². The van der Waals surface area contributed by atoms with Gasteiger partial charge in [0.05, 0.1) is 5.69 Å². The van der Waals surface area contributed by atoms with Gasteiger partial charge in [-0.25, -0.2) is 28.1 Å². The lowest BCUT2D eigenvalue weighted by Gasteiger charge is -2.14. The van der Waals surface area contributed by atoms with E-state index in [0.29, 0.717) is 12.3 Å². The van der Waals surface area contributed by atoms with Gasteiger partial charge in [0.25, 0.3) is 5.91 Å². The number of carbonyl (C=O) groups is 1. The minimum absolute atomic E-state index is 0. The summed E-state index contributed by atoms with van der Waals surface area (Å²) in [6, 6.07) is 8.38. The number of halogens is 8. The number of alkyl halides is 3. The Balaban J connectivity index is 0.00000267. The van der Waals surface area contributed by atoms with Gasteiger partial charge in [-0.1, -0.05) is 0 Å². The van der Waals surface area contributed by atoms with E-state index in [4.69, 9.17) is 10.5 Å². The lowest BCUT2D eigenvalue weighted by molar-refractivity contribution is -0.144. The highest BCUT2D eigenvalue weighted by molar-refractivity contribution is 6.07. The summed E-state index contributed by atoms with van der Waals surface area (Å²) in [5.74, 6) is -6.22. The number of carbonyl (C=O) groups excluding carboxylic acids is 1. The fraction of sp³-hybridized carbons (Fsp3) is 0.0435. The summed E-state index contributed by atoms with van der Waals surface area (Å²) in [4.78, 5) is 22.9. The molecule has 0 spiro atoms. The highest BCUT2D eigenvalue weighted by atomic mass is 35.5. The largest absolute Gasteiger partial charge is 0.454 e. The molecule has 2 aromatic carbocycles. The molecule has 0 saturated carbocycles. The van der Waals surface area contributed by atoms with Gasteiger partial charge in [0.1, 0.15) is 34.6 Å². The maximum Gasteiger partial charge on any atom is 0.451 e. The summed E-state index contributed by atoms with van der Waals surface area (Å²) in [7, 11) is 0. The van der Waals surface area contributed by atoms with E-state index in [0.717, 1.165) is 18.2 Å². The van der Waals surface area contributed by atoms with Crippen LogP contribution in [0.3, 0.4) is 0 Å². The Morgan fingerprint density at radius 2 is 1.67 bits per heavy atom. The van der Waals surface area contributed by atoms with Gasteiger partial charge in [0, 0.05) is 36.3 Å². The molecule has 4 N–H and O–H groups in total. The van der Waals surface area contributed by atoms with Gasteiger partial charge in [-0.05, 0) is 30.3 Å². The van der Waals surface area contributed by atoms with Crippen LogP contribution in [-0.4, -0.2) is 20.9 Å². The van der Waals surface area contributed by atoms with Crippen LogP contribution in [0.1, 0.15) is 16.2 Å². The van der Waals surface area contributed by atoms with Crippen molar-refractivity contribution >= 4 is 53.7 Å². The summed E-state index contributed by atoms with van der Waals surface area (Å²) in [6.07, 6.45) is -3.06. The molecule has 1 amide bonds. The predicted octanol–water partition coefficient (Wildman–Crippen LogP) is 6.52. The molecule has 0 unspecified atom stereocenters. The Labute approximate surface area is 228 Å². The smallest absolute Gasteiger partial charge is 0.451 e. The molecule has 2 heterocycles. The number of benzene rings is 2. The summed E-state index contributed by atoms with van der Waals surface area (Å²) in [6.45, 7) is 0. The SMILES string of the molecule is Cl.Cl.Nc1cc(Oc2ccc(Nc3nc(C(F)(F)F)ncc3C(=O)Nc3ccc(F)cc3F)cc2F)ccn1. The number of rotatable bonds is 6. The second kappa shape index (κ2) is 12.5. The van der Waals surface area contributed by atoms with Crippen molar-refractivity contribution < 1.29 is 35.9 Å². The predicted molar refractivity (Wildman–Crippen MR) is 134 cm³/mol. The molecule has 39 heavy (non-hydrogen) atoms. The molecule has 0 bridgehead atoms. The number of hydrogen-bond acceptors (Lipinski definition) is 7. The normalized spacial score (nSPS) is 10.6. The maximum atomic E-state index is 14.7. The quantitative estimate of drug-likeness (QED) is 0.218. The Morgan fingerprint density at radius 1 is 0.923 bits per heavy atom. The third-order valence-electron chi connectivity index (χ3n) is 4.64. The first-order chi connectivity index (χ1) is 17.5. The molecule has 0 aliphatic heterocycles. The molecule has 8 nitrogen and oxygen atoms in total. The van der Waals surface area contributed by atoms with Crippen molar-refractivity contribution in [3.05, 3.63) is 89.8 Å². The first-order valence-electron chi connectivity index (χ1n) is 10.2. The van der Waals surface area contributed by atoms with Gasteiger partial charge in [0.2, 0.25) is 5.82 Å². The average molecular weight is 593 g/mol. The van der Waals surface area contributed by atoms with Gasteiger partial charge in [-0.15, -0.1) is 24.8 Å². The van der Waals surface area contributed by atoms with E-state index in [1.807, 2.05) is 0 Å². The van der Waals surface area contributed by atoms with Crippen molar-refractivity contribution in [3.63, 3.8) is 0 Å². The van der Waals surface area contributed by atoms with E-state index >= 15 is 0 Å². The molecule has 0 fully saturated rings. The molecule has 0 saturated heterocycles. The number of nitrogens with two attached hydrogens (primary N) is 1. The lowest BCUT2D eigenvalue weighted by Crippen LogP contribution is -2.19. The Kier molecular flexibility index (Phi) is 9.91.